The number of benzene rings is 3. The molecular weight excluding hydrogens is 512 g/mol. The van der Waals surface area contributed by atoms with Crippen LogP contribution >= 0.6 is 0 Å². The minimum Gasteiger partial charge on any atom is -0.452 e. The van der Waals surface area contributed by atoms with Gasteiger partial charge in [0.1, 0.15) is 12.2 Å². The number of azo groups is 1. The molecule has 3 aromatic rings. The van der Waals surface area contributed by atoms with Crippen LogP contribution in [0, 0.1) is 0 Å². The van der Waals surface area contributed by atoms with Gasteiger partial charge in [0.25, 0.3) is 0 Å². The fraction of sp³-hybridized carbons (Fsp3) is 0.412. The number of fused-ring (bicyclic) bond motifs is 2. The van der Waals surface area contributed by atoms with Crippen LogP contribution in [0.4, 0.5) is 17.1 Å². The van der Waals surface area contributed by atoms with Crippen molar-refractivity contribution in [1.29, 1.82) is 0 Å². The van der Waals surface area contributed by atoms with Gasteiger partial charge in [-0.2, -0.15) is 5.11 Å². The lowest BCUT2D eigenvalue weighted by molar-refractivity contribution is -0.136. The van der Waals surface area contributed by atoms with E-state index < -0.39 is 5.41 Å². The molecule has 2 amide bonds. The molecule has 2 heterocycles. The molecule has 214 valence electrons. The van der Waals surface area contributed by atoms with Gasteiger partial charge in [-0.3, -0.25) is 14.5 Å². The molecule has 7 heteroatoms. The molecule has 0 unspecified atom stereocenters. The van der Waals surface area contributed by atoms with Crippen molar-refractivity contribution >= 4 is 28.9 Å². The first kappa shape index (κ1) is 28.5. The van der Waals surface area contributed by atoms with Gasteiger partial charge in [-0.1, -0.05) is 85.7 Å². The Labute approximate surface area is 243 Å². The van der Waals surface area contributed by atoms with Gasteiger partial charge in [-0.05, 0) is 46.2 Å². The molecule has 2 aliphatic rings. The molecule has 2 aliphatic heterocycles. The third kappa shape index (κ3) is 5.25. The standard InChI is InChI=1S/C34H40N4O3/c1-32(2,3)21-15-24-30(26(17-21)36-35-23-13-11-10-12-14-23)41-31-25(34(24,7)8)16-22(33(4,5)6)18-27(31)38-20-28(39)37(9)19-29(38)40/h10-18H,19-20H2,1-9H3. The Bertz CT molecular complexity index is 1560. The Morgan fingerprint density at radius 1 is 0.756 bits per heavy atom. The van der Waals surface area contributed by atoms with Gasteiger partial charge in [0, 0.05) is 23.6 Å². The lowest BCUT2D eigenvalue weighted by Crippen LogP contribution is -2.52. The first-order valence-corrected chi connectivity index (χ1v) is 14.1. The minimum absolute atomic E-state index is 0.0266. The topological polar surface area (TPSA) is 74.6 Å². The van der Waals surface area contributed by atoms with Gasteiger partial charge in [0.05, 0.1) is 17.9 Å². The molecule has 1 fully saturated rings. The molecule has 5 rings (SSSR count). The molecule has 7 nitrogen and oxygen atoms in total. The van der Waals surface area contributed by atoms with Crippen molar-refractivity contribution in [3.8, 4) is 11.5 Å². The Morgan fingerprint density at radius 2 is 1.34 bits per heavy atom. The fourth-order valence-electron chi connectivity index (χ4n) is 5.30. The second-order valence-corrected chi connectivity index (χ2v) is 13.7. The number of rotatable bonds is 3. The Hall–Kier alpha value is -4.00. The second kappa shape index (κ2) is 9.82. The summed E-state index contributed by atoms with van der Waals surface area (Å²) in [6.07, 6.45) is 0. The maximum absolute atomic E-state index is 13.3. The Balaban J connectivity index is 1.76. The highest BCUT2D eigenvalue weighted by molar-refractivity contribution is 6.05. The van der Waals surface area contributed by atoms with Gasteiger partial charge in [-0.15, -0.1) is 5.11 Å². The summed E-state index contributed by atoms with van der Waals surface area (Å²) in [5, 5.41) is 9.23. The highest BCUT2D eigenvalue weighted by atomic mass is 16.5. The average Bonchev–Trinajstić information content (AvgIpc) is 2.88. The highest BCUT2D eigenvalue weighted by Crippen LogP contribution is 2.56. The number of piperazine rings is 1. The van der Waals surface area contributed by atoms with E-state index in [0.717, 1.165) is 27.9 Å². The van der Waals surface area contributed by atoms with Crippen LogP contribution in [0.5, 0.6) is 11.5 Å². The summed E-state index contributed by atoms with van der Waals surface area (Å²) in [5.74, 6) is 0.954. The molecular formula is C34H40N4O3. The van der Waals surface area contributed by atoms with E-state index >= 15 is 0 Å². The van der Waals surface area contributed by atoms with Crippen molar-refractivity contribution in [2.75, 3.05) is 25.0 Å². The number of hydrogen-bond acceptors (Lipinski definition) is 5. The largest absolute Gasteiger partial charge is 0.452 e. The zero-order valence-electron chi connectivity index (χ0n) is 25.6. The van der Waals surface area contributed by atoms with Crippen LogP contribution in [0.1, 0.15) is 77.6 Å². The number of ether oxygens (including phenoxy) is 1. The zero-order chi connectivity index (χ0) is 29.9. The van der Waals surface area contributed by atoms with Crippen molar-refractivity contribution in [3.05, 3.63) is 76.9 Å². The van der Waals surface area contributed by atoms with Crippen LogP contribution in [0.3, 0.4) is 0 Å². The van der Waals surface area contributed by atoms with E-state index in [4.69, 9.17) is 9.85 Å². The number of nitrogens with zero attached hydrogens (tertiary/aromatic N) is 4. The van der Waals surface area contributed by atoms with Crippen molar-refractivity contribution in [3.63, 3.8) is 0 Å². The van der Waals surface area contributed by atoms with E-state index in [-0.39, 0.29) is 35.7 Å². The lowest BCUT2D eigenvalue weighted by Gasteiger charge is -2.40. The van der Waals surface area contributed by atoms with Gasteiger partial charge in [0.15, 0.2) is 11.5 Å². The van der Waals surface area contributed by atoms with Crippen LogP contribution in [0.15, 0.2) is 64.8 Å². The van der Waals surface area contributed by atoms with Crippen molar-refractivity contribution < 1.29 is 14.3 Å². The first-order chi connectivity index (χ1) is 19.1. The van der Waals surface area contributed by atoms with E-state index in [9.17, 15) is 9.59 Å². The average molecular weight is 553 g/mol. The van der Waals surface area contributed by atoms with E-state index in [1.807, 2.05) is 42.5 Å². The highest BCUT2D eigenvalue weighted by Gasteiger charge is 2.41. The van der Waals surface area contributed by atoms with Crippen molar-refractivity contribution in [2.45, 2.75) is 71.6 Å². The summed E-state index contributed by atoms with van der Waals surface area (Å²) in [6, 6.07) is 18.1. The Morgan fingerprint density at radius 3 is 1.95 bits per heavy atom. The molecule has 0 radical (unpaired) electrons. The maximum atomic E-state index is 13.3. The smallest absolute Gasteiger partial charge is 0.247 e. The molecule has 3 aromatic carbocycles. The number of carbonyl (C=O) groups excluding carboxylic acids is 2. The number of likely N-dealkylation sites (N-methyl/N-ethyl adjacent to an activating group) is 1. The number of hydrogen-bond donors (Lipinski definition) is 0. The fourth-order valence-corrected chi connectivity index (χ4v) is 5.30. The number of carbonyl (C=O) groups is 2. The molecule has 0 aliphatic carbocycles. The summed E-state index contributed by atoms with van der Waals surface area (Å²) in [5.41, 5.74) is 5.36. The minimum atomic E-state index is -0.489. The van der Waals surface area contributed by atoms with Gasteiger partial charge < -0.3 is 9.64 Å². The summed E-state index contributed by atoms with van der Waals surface area (Å²) in [6.45, 7) is 17.4. The van der Waals surface area contributed by atoms with E-state index in [1.165, 1.54) is 4.90 Å². The third-order valence-corrected chi connectivity index (χ3v) is 8.13. The summed E-state index contributed by atoms with van der Waals surface area (Å²) >= 11 is 0. The van der Waals surface area contributed by atoms with E-state index in [2.05, 4.69) is 72.6 Å². The lowest BCUT2D eigenvalue weighted by atomic mass is 9.71. The molecule has 0 N–H and O–H groups in total. The quantitative estimate of drug-likeness (QED) is 0.310. The first-order valence-electron chi connectivity index (χ1n) is 14.1. The summed E-state index contributed by atoms with van der Waals surface area (Å²) in [7, 11) is 1.66. The normalized spacial score (nSPS) is 17.0. The van der Waals surface area contributed by atoms with E-state index in [0.29, 0.717) is 22.9 Å². The number of anilines is 1. The molecule has 0 spiro atoms. The molecule has 0 bridgehead atoms. The van der Waals surface area contributed by atoms with Crippen molar-refractivity contribution in [2.24, 2.45) is 10.2 Å². The molecule has 41 heavy (non-hydrogen) atoms. The third-order valence-electron chi connectivity index (χ3n) is 8.13. The van der Waals surface area contributed by atoms with Crippen LogP contribution in [-0.4, -0.2) is 36.9 Å². The summed E-state index contributed by atoms with van der Waals surface area (Å²) < 4.78 is 6.79. The summed E-state index contributed by atoms with van der Waals surface area (Å²) in [4.78, 5) is 29.1. The van der Waals surface area contributed by atoms with Crippen LogP contribution < -0.4 is 9.64 Å². The van der Waals surface area contributed by atoms with Crippen molar-refractivity contribution in [1.82, 2.24) is 4.90 Å². The molecule has 0 saturated carbocycles. The Kier molecular flexibility index (Phi) is 6.84. The zero-order valence-corrected chi connectivity index (χ0v) is 25.6. The van der Waals surface area contributed by atoms with Gasteiger partial charge in [0.2, 0.25) is 11.8 Å². The monoisotopic (exact) mass is 552 g/mol. The van der Waals surface area contributed by atoms with Gasteiger partial charge >= 0.3 is 0 Å². The SMILES string of the molecule is CN1CC(=O)N(c2cc(C(C)(C)C)cc3c2Oc2c(N=Nc4ccccc4)cc(C(C)(C)C)cc2C3(C)C)CC1=O. The van der Waals surface area contributed by atoms with Crippen LogP contribution in [-0.2, 0) is 25.8 Å². The second-order valence-electron chi connectivity index (χ2n) is 13.7. The van der Waals surface area contributed by atoms with Crippen LogP contribution in [0.25, 0.3) is 0 Å². The molecule has 0 atom stereocenters. The van der Waals surface area contributed by atoms with E-state index in [1.54, 1.807) is 11.9 Å². The van der Waals surface area contributed by atoms with Gasteiger partial charge in [-0.25, -0.2) is 0 Å². The van der Waals surface area contributed by atoms with Crippen LogP contribution in [0.2, 0.25) is 0 Å². The predicted molar refractivity (Wildman–Crippen MR) is 163 cm³/mol. The predicted octanol–water partition coefficient (Wildman–Crippen LogP) is 7.93. The number of amides is 2. The maximum Gasteiger partial charge on any atom is 0.247 e. The molecule has 0 aromatic heterocycles. The molecule has 1 saturated heterocycles.